The Morgan fingerprint density at radius 2 is 2.15 bits per heavy atom. The average Bonchev–Trinajstić information content (AvgIpc) is 3.26. The molecule has 0 aromatic heterocycles. The molecule has 1 aromatic carbocycles. The van der Waals surface area contributed by atoms with Crippen molar-refractivity contribution in [3.05, 3.63) is 22.7 Å². The van der Waals surface area contributed by atoms with Crippen molar-refractivity contribution in [2.24, 2.45) is 5.92 Å². The van der Waals surface area contributed by atoms with Crippen LogP contribution in [0.15, 0.2) is 12.1 Å². The minimum absolute atomic E-state index is 0.623. The van der Waals surface area contributed by atoms with Gasteiger partial charge in [0, 0.05) is 30.2 Å². The molecule has 2 aliphatic rings. The van der Waals surface area contributed by atoms with Crippen LogP contribution in [0.2, 0.25) is 5.02 Å². The van der Waals surface area contributed by atoms with Crippen molar-refractivity contribution < 1.29 is 4.74 Å². The molecule has 20 heavy (non-hydrogen) atoms. The Morgan fingerprint density at radius 3 is 2.85 bits per heavy atom. The predicted molar refractivity (Wildman–Crippen MR) is 84.1 cm³/mol. The summed E-state index contributed by atoms with van der Waals surface area (Å²) in [5.41, 5.74) is 2.30. The number of hydrogen-bond donors (Lipinski definition) is 1. The van der Waals surface area contributed by atoms with Gasteiger partial charge in [0.15, 0.2) is 0 Å². The van der Waals surface area contributed by atoms with Crippen molar-refractivity contribution in [3.8, 4) is 5.75 Å². The molecule has 0 radical (unpaired) electrons. The monoisotopic (exact) mass is 294 g/mol. The molecular weight excluding hydrogens is 272 g/mol. The molecule has 1 saturated heterocycles. The van der Waals surface area contributed by atoms with Gasteiger partial charge in [0.05, 0.1) is 12.8 Å². The minimum atomic E-state index is 0.623. The molecule has 3 rings (SSSR count). The van der Waals surface area contributed by atoms with E-state index in [1.807, 2.05) is 6.07 Å². The van der Waals surface area contributed by atoms with Crippen LogP contribution in [0.3, 0.4) is 0 Å². The van der Waals surface area contributed by atoms with E-state index in [9.17, 15) is 0 Å². The summed E-state index contributed by atoms with van der Waals surface area (Å²) in [6.07, 6.45) is 3.93. The second kappa shape index (κ2) is 5.82. The Balaban J connectivity index is 1.87. The van der Waals surface area contributed by atoms with E-state index < -0.39 is 0 Å². The summed E-state index contributed by atoms with van der Waals surface area (Å²) in [7, 11) is 1.72. The molecule has 1 saturated carbocycles. The number of nitrogens with zero attached hydrogens (tertiary/aromatic N) is 1. The quantitative estimate of drug-likeness (QED) is 0.926. The van der Waals surface area contributed by atoms with Crippen molar-refractivity contribution in [1.29, 1.82) is 0 Å². The van der Waals surface area contributed by atoms with Gasteiger partial charge in [-0.15, -0.1) is 0 Å². The lowest BCUT2D eigenvalue weighted by molar-refractivity contribution is 0.413. The molecule has 1 N–H and O–H groups in total. The predicted octanol–water partition coefficient (Wildman–Crippen LogP) is 3.24. The number of nitrogens with one attached hydrogen (secondary N) is 1. The summed E-state index contributed by atoms with van der Waals surface area (Å²) in [6.45, 7) is 5.32. The first-order valence-corrected chi connectivity index (χ1v) is 7.89. The third-order valence-corrected chi connectivity index (χ3v) is 4.83. The lowest BCUT2D eigenvalue weighted by Gasteiger charge is -2.28. The number of aryl methyl sites for hydroxylation is 1. The topological polar surface area (TPSA) is 24.5 Å². The molecule has 0 spiro atoms. The molecule has 110 valence electrons. The van der Waals surface area contributed by atoms with Crippen LogP contribution in [0.1, 0.15) is 24.8 Å². The number of anilines is 1. The van der Waals surface area contributed by atoms with E-state index in [1.54, 1.807) is 7.11 Å². The zero-order valence-corrected chi connectivity index (χ0v) is 13.0. The standard InChI is InChI=1S/C16H23ClN2O/c1-11-8-15(16(20-2)9-13(11)17)19-7-3-6-18-14(10-19)12-4-5-12/h8-9,12,14,18H,3-7,10H2,1-2H3. The van der Waals surface area contributed by atoms with E-state index in [2.05, 4.69) is 23.2 Å². The first kappa shape index (κ1) is 14.0. The largest absolute Gasteiger partial charge is 0.495 e. The highest BCUT2D eigenvalue weighted by atomic mass is 35.5. The lowest BCUT2D eigenvalue weighted by Crippen LogP contribution is -2.39. The van der Waals surface area contributed by atoms with E-state index >= 15 is 0 Å². The number of hydrogen-bond acceptors (Lipinski definition) is 3. The van der Waals surface area contributed by atoms with Crippen LogP contribution in [-0.4, -0.2) is 32.8 Å². The Labute approximate surface area is 126 Å². The molecule has 3 nitrogen and oxygen atoms in total. The maximum Gasteiger partial charge on any atom is 0.143 e. The van der Waals surface area contributed by atoms with Gasteiger partial charge < -0.3 is 15.0 Å². The van der Waals surface area contributed by atoms with Gasteiger partial charge in [-0.05, 0) is 50.3 Å². The van der Waals surface area contributed by atoms with Crippen molar-refractivity contribution in [3.63, 3.8) is 0 Å². The van der Waals surface area contributed by atoms with Gasteiger partial charge in [-0.1, -0.05) is 11.6 Å². The fourth-order valence-electron chi connectivity index (χ4n) is 3.04. The van der Waals surface area contributed by atoms with Crippen LogP contribution in [0.5, 0.6) is 5.75 Å². The minimum Gasteiger partial charge on any atom is -0.495 e. The molecular formula is C16H23ClN2O. The number of methoxy groups -OCH3 is 1. The molecule has 1 aromatic rings. The van der Waals surface area contributed by atoms with Gasteiger partial charge in [0.2, 0.25) is 0 Å². The van der Waals surface area contributed by atoms with E-state index in [1.165, 1.54) is 24.9 Å². The first-order valence-electron chi connectivity index (χ1n) is 7.51. The fraction of sp³-hybridized carbons (Fsp3) is 0.625. The number of halogens is 1. The normalized spacial score (nSPS) is 23.6. The summed E-state index contributed by atoms with van der Waals surface area (Å²) in [5, 5.41) is 4.47. The van der Waals surface area contributed by atoms with E-state index in [0.29, 0.717) is 6.04 Å². The maximum absolute atomic E-state index is 6.21. The van der Waals surface area contributed by atoms with Crippen molar-refractivity contribution >= 4 is 17.3 Å². The van der Waals surface area contributed by atoms with Gasteiger partial charge in [0.25, 0.3) is 0 Å². The Bertz CT molecular complexity index is 488. The summed E-state index contributed by atoms with van der Waals surface area (Å²) < 4.78 is 5.54. The molecule has 2 fully saturated rings. The average molecular weight is 295 g/mol. The lowest BCUT2D eigenvalue weighted by atomic mass is 10.1. The van der Waals surface area contributed by atoms with Gasteiger partial charge in [0.1, 0.15) is 5.75 Å². The zero-order valence-electron chi connectivity index (χ0n) is 12.3. The van der Waals surface area contributed by atoms with Gasteiger partial charge in [-0.3, -0.25) is 0 Å². The van der Waals surface area contributed by atoms with E-state index in [-0.39, 0.29) is 0 Å². The summed E-state index contributed by atoms with van der Waals surface area (Å²) in [5.74, 6) is 1.76. The number of benzene rings is 1. The second-order valence-electron chi connectivity index (χ2n) is 5.97. The van der Waals surface area contributed by atoms with Crippen LogP contribution < -0.4 is 15.0 Å². The molecule has 4 heteroatoms. The van der Waals surface area contributed by atoms with Crippen molar-refractivity contribution in [2.45, 2.75) is 32.2 Å². The molecule has 0 bridgehead atoms. The van der Waals surface area contributed by atoms with E-state index in [0.717, 1.165) is 41.9 Å². The molecule has 1 unspecified atom stereocenters. The molecule has 1 aliphatic carbocycles. The Hall–Kier alpha value is -0.930. The molecule has 1 atom stereocenters. The Kier molecular flexibility index (Phi) is 4.08. The maximum atomic E-state index is 6.21. The highest BCUT2D eigenvalue weighted by molar-refractivity contribution is 6.31. The first-order chi connectivity index (χ1) is 9.69. The van der Waals surface area contributed by atoms with E-state index in [4.69, 9.17) is 16.3 Å². The third kappa shape index (κ3) is 2.89. The van der Waals surface area contributed by atoms with Gasteiger partial charge >= 0.3 is 0 Å². The van der Waals surface area contributed by atoms with Gasteiger partial charge in [-0.25, -0.2) is 0 Å². The smallest absolute Gasteiger partial charge is 0.143 e. The molecule has 1 heterocycles. The Morgan fingerprint density at radius 1 is 1.35 bits per heavy atom. The summed E-state index contributed by atoms with van der Waals surface area (Å²) in [4.78, 5) is 2.46. The fourth-order valence-corrected chi connectivity index (χ4v) is 3.20. The SMILES string of the molecule is COc1cc(Cl)c(C)cc1N1CCCNC(C2CC2)C1. The van der Waals surface area contributed by atoms with Crippen LogP contribution >= 0.6 is 11.6 Å². The van der Waals surface area contributed by atoms with Crippen LogP contribution in [0.25, 0.3) is 0 Å². The number of rotatable bonds is 3. The highest BCUT2D eigenvalue weighted by Crippen LogP contribution is 2.37. The summed E-state index contributed by atoms with van der Waals surface area (Å²) >= 11 is 6.21. The van der Waals surface area contributed by atoms with Crippen molar-refractivity contribution in [1.82, 2.24) is 5.32 Å². The molecule has 0 amide bonds. The second-order valence-corrected chi connectivity index (χ2v) is 6.38. The van der Waals surface area contributed by atoms with Crippen LogP contribution in [0, 0.1) is 12.8 Å². The highest BCUT2D eigenvalue weighted by Gasteiger charge is 2.33. The van der Waals surface area contributed by atoms with Crippen LogP contribution in [0.4, 0.5) is 5.69 Å². The summed E-state index contributed by atoms with van der Waals surface area (Å²) in [6, 6.07) is 4.73. The van der Waals surface area contributed by atoms with Gasteiger partial charge in [-0.2, -0.15) is 0 Å². The zero-order chi connectivity index (χ0) is 14.1. The third-order valence-electron chi connectivity index (χ3n) is 4.42. The van der Waals surface area contributed by atoms with Crippen molar-refractivity contribution in [2.75, 3.05) is 31.6 Å². The molecule has 1 aliphatic heterocycles. The number of ether oxygens (including phenoxy) is 1. The van der Waals surface area contributed by atoms with Crippen LogP contribution in [-0.2, 0) is 0 Å².